The van der Waals surface area contributed by atoms with E-state index in [1.165, 1.54) is 11.9 Å². The second-order valence-electron chi connectivity index (χ2n) is 7.18. The summed E-state index contributed by atoms with van der Waals surface area (Å²) in [5.74, 6) is -1.60. The molecule has 158 valence electrons. The van der Waals surface area contributed by atoms with Gasteiger partial charge in [0, 0.05) is 37.4 Å². The van der Waals surface area contributed by atoms with Gasteiger partial charge in [-0.2, -0.15) is 0 Å². The highest BCUT2D eigenvalue weighted by molar-refractivity contribution is 6.05. The number of hydrogen-bond acceptors (Lipinski definition) is 6. The van der Waals surface area contributed by atoms with Gasteiger partial charge in [-0.1, -0.05) is 18.2 Å². The minimum absolute atomic E-state index is 0.0708. The maximum atomic E-state index is 13.7. The monoisotopic (exact) mass is 420 g/mol. The topological polar surface area (TPSA) is 85.8 Å². The van der Waals surface area contributed by atoms with E-state index in [4.69, 9.17) is 0 Å². The van der Waals surface area contributed by atoms with E-state index in [9.17, 15) is 19.1 Å². The number of aromatic nitrogens is 1. The zero-order valence-corrected chi connectivity index (χ0v) is 16.7. The Labute approximate surface area is 178 Å². The van der Waals surface area contributed by atoms with Gasteiger partial charge >= 0.3 is 0 Å². The van der Waals surface area contributed by atoms with Gasteiger partial charge in [0.15, 0.2) is 17.9 Å². The maximum absolute atomic E-state index is 13.7. The number of aromatic hydroxyl groups is 1. The third-order valence-electron chi connectivity index (χ3n) is 5.21. The Morgan fingerprint density at radius 1 is 1.03 bits per heavy atom. The number of rotatable bonds is 5. The Morgan fingerprint density at radius 3 is 2.39 bits per heavy atom. The quantitative estimate of drug-likeness (QED) is 0.616. The zero-order valence-electron chi connectivity index (χ0n) is 16.7. The third-order valence-corrected chi connectivity index (χ3v) is 5.21. The summed E-state index contributed by atoms with van der Waals surface area (Å²) in [6.07, 6.45) is 1.83. The Kier molecular flexibility index (Phi) is 5.79. The molecule has 8 heteroatoms. The lowest BCUT2D eigenvalue weighted by molar-refractivity contribution is 0.102. The van der Waals surface area contributed by atoms with Crippen molar-refractivity contribution < 1.29 is 19.1 Å². The number of halogens is 1. The van der Waals surface area contributed by atoms with Crippen LogP contribution >= 0.6 is 0 Å². The van der Waals surface area contributed by atoms with E-state index in [1.807, 2.05) is 24.3 Å². The number of piperazine rings is 1. The molecule has 31 heavy (non-hydrogen) atoms. The van der Waals surface area contributed by atoms with Crippen LogP contribution in [-0.4, -0.2) is 48.5 Å². The predicted octanol–water partition coefficient (Wildman–Crippen LogP) is 3.32. The normalized spacial score (nSPS) is 13.7. The summed E-state index contributed by atoms with van der Waals surface area (Å²) in [6.45, 7) is 3.43. The van der Waals surface area contributed by atoms with Crippen LogP contribution in [0.2, 0.25) is 0 Å². The van der Waals surface area contributed by atoms with Gasteiger partial charge in [0.1, 0.15) is 5.82 Å². The van der Waals surface area contributed by atoms with Crippen molar-refractivity contribution >= 4 is 29.4 Å². The molecule has 0 atom stereocenters. The van der Waals surface area contributed by atoms with Crippen molar-refractivity contribution in [2.24, 2.45) is 0 Å². The Morgan fingerprint density at radius 2 is 1.74 bits per heavy atom. The van der Waals surface area contributed by atoms with Gasteiger partial charge in [-0.15, -0.1) is 0 Å². The Hall–Kier alpha value is -3.94. The molecule has 0 spiro atoms. The highest BCUT2D eigenvalue weighted by atomic mass is 19.1. The van der Waals surface area contributed by atoms with Crippen LogP contribution in [0.15, 0.2) is 60.8 Å². The largest absolute Gasteiger partial charge is 0.504 e. The zero-order chi connectivity index (χ0) is 21.8. The molecule has 7 nitrogen and oxygen atoms in total. The number of hydrogen-bond donors (Lipinski definition) is 2. The minimum Gasteiger partial charge on any atom is -0.504 e. The number of carbonyl (C=O) groups excluding carboxylic acids is 2. The third kappa shape index (κ3) is 4.48. The molecule has 2 N–H and O–H groups in total. The molecule has 3 aromatic rings. The van der Waals surface area contributed by atoms with Crippen molar-refractivity contribution in [2.75, 3.05) is 41.3 Å². The molecular weight excluding hydrogens is 399 g/mol. The average molecular weight is 420 g/mol. The molecule has 2 heterocycles. The van der Waals surface area contributed by atoms with Gasteiger partial charge in [0.05, 0.1) is 17.4 Å². The molecule has 0 aliphatic carbocycles. The van der Waals surface area contributed by atoms with Crippen LogP contribution in [0.5, 0.6) is 5.75 Å². The number of phenols is 1. The number of para-hydroxylation sites is 1. The summed E-state index contributed by atoms with van der Waals surface area (Å²) in [7, 11) is 0. The van der Waals surface area contributed by atoms with Crippen molar-refractivity contribution in [3.8, 4) is 5.75 Å². The van der Waals surface area contributed by atoms with E-state index in [1.54, 1.807) is 6.07 Å². The fourth-order valence-corrected chi connectivity index (χ4v) is 3.52. The van der Waals surface area contributed by atoms with Gasteiger partial charge in [-0.25, -0.2) is 9.37 Å². The van der Waals surface area contributed by atoms with Crippen molar-refractivity contribution in [1.82, 2.24) is 4.98 Å². The van der Waals surface area contributed by atoms with Crippen LogP contribution < -0.4 is 15.1 Å². The molecule has 1 aliphatic rings. The van der Waals surface area contributed by atoms with Crippen LogP contribution in [0.3, 0.4) is 0 Å². The van der Waals surface area contributed by atoms with Crippen LogP contribution in [0.25, 0.3) is 0 Å². The van der Waals surface area contributed by atoms with Crippen molar-refractivity contribution in [1.29, 1.82) is 0 Å². The second kappa shape index (κ2) is 8.83. The highest BCUT2D eigenvalue weighted by Gasteiger charge is 2.19. The highest BCUT2D eigenvalue weighted by Crippen LogP contribution is 2.23. The van der Waals surface area contributed by atoms with E-state index < -0.39 is 17.5 Å². The molecule has 0 bridgehead atoms. The summed E-state index contributed by atoms with van der Waals surface area (Å²) in [5, 5.41) is 12.1. The number of nitrogens with one attached hydrogen (secondary N) is 1. The number of pyridine rings is 1. The Bertz CT molecular complexity index is 1080. The molecule has 0 saturated carbocycles. The Balaban J connectivity index is 1.38. The lowest BCUT2D eigenvalue weighted by Gasteiger charge is -2.36. The molecule has 1 fully saturated rings. The molecular formula is C23H21FN4O3. The van der Waals surface area contributed by atoms with E-state index >= 15 is 0 Å². The molecule has 1 aliphatic heterocycles. The molecule has 1 saturated heterocycles. The number of phenolic OH excluding ortho intramolecular Hbond substituents is 1. The van der Waals surface area contributed by atoms with Gasteiger partial charge < -0.3 is 20.2 Å². The lowest BCUT2D eigenvalue weighted by Crippen LogP contribution is -2.46. The SMILES string of the molecule is O=Cc1cc(C(=O)Nc2ccc(N3CCN(c4ccccc4)CC3)nc2)cc(F)c1O. The fourth-order valence-electron chi connectivity index (χ4n) is 3.52. The number of amides is 1. The number of benzene rings is 2. The van der Waals surface area contributed by atoms with E-state index in [2.05, 4.69) is 32.2 Å². The van der Waals surface area contributed by atoms with Crippen molar-refractivity contribution in [3.05, 3.63) is 77.7 Å². The fraction of sp³-hybridized carbons (Fsp3) is 0.174. The number of carbonyl (C=O) groups is 2. The molecule has 2 aromatic carbocycles. The smallest absolute Gasteiger partial charge is 0.255 e. The summed E-state index contributed by atoms with van der Waals surface area (Å²) >= 11 is 0. The van der Waals surface area contributed by atoms with Gasteiger partial charge in [-0.05, 0) is 36.4 Å². The van der Waals surface area contributed by atoms with Crippen LogP contribution in [0.4, 0.5) is 21.6 Å². The predicted molar refractivity (Wildman–Crippen MR) is 117 cm³/mol. The summed E-state index contributed by atoms with van der Waals surface area (Å²) in [6, 6.07) is 15.8. The lowest BCUT2D eigenvalue weighted by atomic mass is 10.1. The second-order valence-corrected chi connectivity index (χ2v) is 7.18. The first kappa shape index (κ1) is 20.3. The minimum atomic E-state index is -1.03. The number of nitrogens with zero attached hydrogens (tertiary/aromatic N) is 3. The number of anilines is 3. The maximum Gasteiger partial charge on any atom is 0.255 e. The van der Waals surface area contributed by atoms with Gasteiger partial charge in [0.2, 0.25) is 0 Å². The summed E-state index contributed by atoms with van der Waals surface area (Å²) < 4.78 is 13.7. The van der Waals surface area contributed by atoms with Crippen LogP contribution in [-0.2, 0) is 0 Å². The van der Waals surface area contributed by atoms with E-state index in [0.717, 1.165) is 44.1 Å². The molecule has 4 rings (SSSR count). The molecule has 0 radical (unpaired) electrons. The first-order valence-electron chi connectivity index (χ1n) is 9.85. The summed E-state index contributed by atoms with van der Waals surface area (Å²) in [5.41, 5.74) is 1.29. The average Bonchev–Trinajstić information content (AvgIpc) is 2.82. The van der Waals surface area contributed by atoms with Gasteiger partial charge in [0.25, 0.3) is 5.91 Å². The van der Waals surface area contributed by atoms with Crippen molar-refractivity contribution in [3.63, 3.8) is 0 Å². The molecule has 1 aromatic heterocycles. The summed E-state index contributed by atoms with van der Waals surface area (Å²) in [4.78, 5) is 32.3. The number of aldehydes is 1. The molecule has 0 unspecified atom stereocenters. The van der Waals surface area contributed by atoms with E-state index in [-0.39, 0.29) is 11.1 Å². The van der Waals surface area contributed by atoms with E-state index in [0.29, 0.717) is 12.0 Å². The first-order chi connectivity index (χ1) is 15.0. The van der Waals surface area contributed by atoms with Gasteiger partial charge in [-0.3, -0.25) is 9.59 Å². The van der Waals surface area contributed by atoms with Crippen LogP contribution in [0, 0.1) is 5.82 Å². The molecule has 1 amide bonds. The van der Waals surface area contributed by atoms with Crippen molar-refractivity contribution in [2.45, 2.75) is 0 Å². The standard InChI is InChI=1S/C23H21FN4O3/c24-20-13-16(12-17(15-29)22(20)30)23(31)26-18-6-7-21(25-14-18)28-10-8-27(9-11-28)19-4-2-1-3-5-19/h1-7,12-15,30H,8-11H2,(H,26,31). The van der Waals surface area contributed by atoms with Crippen LogP contribution in [0.1, 0.15) is 20.7 Å². The first-order valence-corrected chi connectivity index (χ1v) is 9.85.